The number of carboxylic acids is 1. The van der Waals surface area contributed by atoms with E-state index >= 15 is 0 Å². The summed E-state index contributed by atoms with van der Waals surface area (Å²) in [5, 5.41) is 55.6. The van der Waals surface area contributed by atoms with E-state index in [0.29, 0.717) is 31.4 Å². The molecule has 5 rings (SSSR count). The number of carbonyl (C=O) groups excluding carboxylic acids is 2. The third-order valence-electron chi connectivity index (χ3n) is 10.9. The largest absolute Gasteiger partial charge is 0.480 e. The number of fused-ring (bicyclic) bond motifs is 5. The van der Waals surface area contributed by atoms with Crippen LogP contribution in [0.2, 0.25) is 0 Å². The molecule has 216 valence electrons. The van der Waals surface area contributed by atoms with Gasteiger partial charge in [-0.25, -0.2) is 4.79 Å². The number of β-amino-alcohol motifs (C(OH)–C–C–N with tert-alkyl or cyclic N) is 1. The molecule has 5 N–H and O–H groups in total. The van der Waals surface area contributed by atoms with Crippen molar-refractivity contribution in [3.8, 4) is 0 Å². The van der Waals surface area contributed by atoms with Gasteiger partial charge in [-0.2, -0.15) is 0 Å². The highest BCUT2D eigenvalue weighted by Gasteiger charge is 2.68. The van der Waals surface area contributed by atoms with Gasteiger partial charge in [-0.15, -0.1) is 0 Å². The summed E-state index contributed by atoms with van der Waals surface area (Å²) in [7, 11) is 0. The Labute approximate surface area is 227 Å². The maximum atomic E-state index is 12.6. The van der Waals surface area contributed by atoms with Crippen LogP contribution in [-0.2, 0) is 19.2 Å². The number of hydrogen-bond acceptors (Lipinski definition) is 9. The Morgan fingerprint density at radius 2 is 1.90 bits per heavy atom. The van der Waals surface area contributed by atoms with Crippen LogP contribution < -0.4 is 0 Å². The highest BCUT2D eigenvalue weighted by atomic mass is 16.6. The van der Waals surface area contributed by atoms with Crippen LogP contribution in [0.1, 0.15) is 65.2 Å². The van der Waals surface area contributed by atoms with Crippen LogP contribution >= 0.6 is 0 Å². The lowest BCUT2D eigenvalue weighted by molar-refractivity contribution is -0.181. The first-order valence-corrected chi connectivity index (χ1v) is 14.0. The van der Waals surface area contributed by atoms with E-state index in [9.17, 15) is 39.9 Å². The quantitative estimate of drug-likeness (QED) is 0.298. The number of allylic oxidation sites excluding steroid dienone is 2. The van der Waals surface area contributed by atoms with E-state index in [0.717, 1.165) is 24.2 Å². The van der Waals surface area contributed by atoms with Gasteiger partial charge < -0.3 is 35.3 Å². The van der Waals surface area contributed by atoms with Gasteiger partial charge in [0.25, 0.3) is 5.91 Å². The fourth-order valence-electron chi connectivity index (χ4n) is 8.94. The van der Waals surface area contributed by atoms with Crippen LogP contribution in [0.3, 0.4) is 0 Å². The molecule has 0 bridgehead atoms. The molecular weight excluding hydrogens is 508 g/mol. The smallest absolute Gasteiger partial charge is 0.326 e. The lowest BCUT2D eigenvalue weighted by atomic mass is 9.45. The van der Waals surface area contributed by atoms with Crippen molar-refractivity contribution in [2.45, 2.75) is 89.1 Å². The molecule has 0 aromatic carbocycles. The summed E-state index contributed by atoms with van der Waals surface area (Å²) in [6.07, 6.45) is 4.61. The van der Waals surface area contributed by atoms with Crippen molar-refractivity contribution in [2.75, 3.05) is 19.8 Å². The lowest BCUT2D eigenvalue weighted by Gasteiger charge is -2.60. The monoisotopic (exact) mass is 548 g/mol. The van der Waals surface area contributed by atoms with Crippen molar-refractivity contribution in [1.82, 2.24) is 4.90 Å². The second kappa shape index (κ2) is 9.94. The zero-order valence-corrected chi connectivity index (χ0v) is 22.6. The van der Waals surface area contributed by atoms with Crippen LogP contribution in [0, 0.1) is 28.6 Å². The van der Waals surface area contributed by atoms with Crippen LogP contribution in [0.4, 0.5) is 0 Å². The minimum absolute atomic E-state index is 0.00861. The summed E-state index contributed by atoms with van der Waals surface area (Å²) in [5.41, 5.74) is -0.824. The molecule has 0 unspecified atom stereocenters. The topological polar surface area (TPSA) is 177 Å². The van der Waals surface area contributed by atoms with E-state index in [2.05, 4.69) is 12.1 Å². The molecule has 0 aromatic heterocycles. The molecule has 11 nitrogen and oxygen atoms in total. The van der Waals surface area contributed by atoms with Crippen molar-refractivity contribution in [3.63, 3.8) is 0 Å². The molecule has 0 spiro atoms. The number of aliphatic hydroxyl groups is 4. The minimum atomic E-state index is -1.62. The first kappa shape index (κ1) is 28.2. The molecular formula is C28H40N2O9. The summed E-state index contributed by atoms with van der Waals surface area (Å²) in [4.78, 5) is 42.9. The van der Waals surface area contributed by atoms with E-state index in [-0.39, 0.29) is 36.1 Å². The number of hydrogen-bond donors (Lipinski definition) is 5. The van der Waals surface area contributed by atoms with E-state index in [1.54, 1.807) is 0 Å². The molecule has 1 amide bonds. The summed E-state index contributed by atoms with van der Waals surface area (Å²) >= 11 is 0. The molecule has 39 heavy (non-hydrogen) atoms. The Balaban J connectivity index is 1.29. The first-order valence-electron chi connectivity index (χ1n) is 14.0. The lowest BCUT2D eigenvalue weighted by Crippen LogP contribution is -2.62. The van der Waals surface area contributed by atoms with E-state index < -0.39 is 60.1 Å². The number of ketones is 1. The van der Waals surface area contributed by atoms with Gasteiger partial charge in [-0.3, -0.25) is 9.59 Å². The molecule has 0 radical (unpaired) electrons. The molecule has 4 fully saturated rings. The van der Waals surface area contributed by atoms with Crippen molar-refractivity contribution in [3.05, 3.63) is 11.6 Å². The van der Waals surface area contributed by atoms with Crippen molar-refractivity contribution < 1.29 is 44.8 Å². The molecule has 1 saturated heterocycles. The maximum Gasteiger partial charge on any atom is 0.326 e. The summed E-state index contributed by atoms with van der Waals surface area (Å²) < 4.78 is 0. The fraction of sp³-hybridized carbons (Fsp3) is 0.786. The second-order valence-electron chi connectivity index (χ2n) is 12.7. The number of aliphatic carboxylic acids is 1. The van der Waals surface area contributed by atoms with Gasteiger partial charge in [0.2, 0.25) is 0 Å². The van der Waals surface area contributed by atoms with Gasteiger partial charge in [-0.1, -0.05) is 24.6 Å². The molecule has 1 heterocycles. The number of nitrogens with zero attached hydrogens (tertiary/aromatic N) is 2. The van der Waals surface area contributed by atoms with Crippen LogP contribution in [0.5, 0.6) is 0 Å². The first-order chi connectivity index (χ1) is 18.4. The fourth-order valence-corrected chi connectivity index (χ4v) is 8.94. The van der Waals surface area contributed by atoms with Crippen LogP contribution in [-0.4, -0.2) is 97.4 Å². The number of Topliss-reactive ketones (excluding diaryl/α,β-unsaturated/α-hetero) is 1. The van der Waals surface area contributed by atoms with Crippen LogP contribution in [0.15, 0.2) is 16.8 Å². The summed E-state index contributed by atoms with van der Waals surface area (Å²) in [5.74, 6) is -2.06. The predicted molar refractivity (Wildman–Crippen MR) is 137 cm³/mol. The Morgan fingerprint density at radius 3 is 2.59 bits per heavy atom. The van der Waals surface area contributed by atoms with Gasteiger partial charge in [-0.05, 0) is 74.2 Å². The van der Waals surface area contributed by atoms with Gasteiger partial charge in [0, 0.05) is 18.4 Å². The maximum absolute atomic E-state index is 12.6. The number of likely N-dealkylation sites (tertiary alicyclic amines) is 1. The van der Waals surface area contributed by atoms with E-state index in [1.165, 1.54) is 5.57 Å². The van der Waals surface area contributed by atoms with Gasteiger partial charge in [0.05, 0.1) is 17.9 Å². The SMILES string of the molecule is C[C@]12CC/C(=N\OCC(=O)N3C[C@@H](O)C[C@@H]3C(=O)O)C=C1CC[C@@H]1[C@@H]2[C@H](O)C[C@@]2(C)[C@@H]1CC[C@]2(O)C(=O)CO. The zero-order chi connectivity index (χ0) is 28.3. The number of oxime groups is 1. The third-order valence-corrected chi connectivity index (χ3v) is 10.9. The minimum Gasteiger partial charge on any atom is -0.480 e. The molecule has 4 aliphatic carbocycles. The normalized spacial score (nSPS) is 44.3. The van der Waals surface area contributed by atoms with Crippen LogP contribution in [0.25, 0.3) is 0 Å². The number of rotatable bonds is 6. The predicted octanol–water partition coefficient (Wildman–Crippen LogP) is 0.631. The number of aliphatic hydroxyl groups excluding tert-OH is 3. The average molecular weight is 549 g/mol. The number of carbonyl (C=O) groups is 3. The van der Waals surface area contributed by atoms with Crippen molar-refractivity contribution >= 4 is 23.4 Å². The standard InChI is InChI=1S/C28H40N2O9/c1-26-7-5-16(29-39-14-23(35)30-12-17(32)10-20(30)25(36)37)9-15(26)3-4-18-19-6-8-28(38,22(34)13-31)27(19,2)11-21(33)24(18)26/h9,17-21,24,31-33,38H,3-8,10-14H2,1-2H3,(H,36,37)/b29-16+/t17-,18-,19+,20+,21+,24+,26-,27-,28-/m0/s1. The highest BCUT2D eigenvalue weighted by Crippen LogP contribution is 2.67. The van der Waals surface area contributed by atoms with E-state index in [4.69, 9.17) is 4.84 Å². The second-order valence-corrected chi connectivity index (χ2v) is 12.7. The Hall–Kier alpha value is -2.34. The van der Waals surface area contributed by atoms with Gasteiger partial charge >= 0.3 is 5.97 Å². The van der Waals surface area contributed by atoms with E-state index in [1.807, 2.05) is 13.0 Å². The molecule has 3 saturated carbocycles. The average Bonchev–Trinajstić information content (AvgIpc) is 3.41. The van der Waals surface area contributed by atoms with Crippen molar-refractivity contribution in [1.29, 1.82) is 0 Å². The molecule has 1 aliphatic heterocycles. The molecule has 5 aliphatic rings. The number of amides is 1. The zero-order valence-electron chi connectivity index (χ0n) is 22.6. The van der Waals surface area contributed by atoms with Crippen molar-refractivity contribution in [2.24, 2.45) is 33.7 Å². The molecule has 0 aromatic rings. The summed E-state index contributed by atoms with van der Waals surface area (Å²) in [6.45, 7) is 2.91. The molecule has 9 atom stereocenters. The van der Waals surface area contributed by atoms with Gasteiger partial charge in [0.1, 0.15) is 18.2 Å². The highest BCUT2D eigenvalue weighted by molar-refractivity contribution is 5.96. The Morgan fingerprint density at radius 1 is 1.15 bits per heavy atom. The number of carboxylic acid groups (broad SMARTS) is 1. The third kappa shape index (κ3) is 4.32. The Bertz CT molecular complexity index is 1110. The Kier molecular flexibility index (Phi) is 7.18. The van der Waals surface area contributed by atoms with Gasteiger partial charge in [0.15, 0.2) is 12.4 Å². The summed E-state index contributed by atoms with van der Waals surface area (Å²) in [6, 6.07) is -1.07. The molecule has 11 heteroatoms.